The summed E-state index contributed by atoms with van der Waals surface area (Å²) in [6.07, 6.45) is 2.02. The summed E-state index contributed by atoms with van der Waals surface area (Å²) in [7, 11) is 1.71. The van der Waals surface area contributed by atoms with E-state index in [1.54, 1.807) is 7.11 Å². The van der Waals surface area contributed by atoms with Gasteiger partial charge in [-0.25, -0.2) is 0 Å². The number of benzene rings is 2. The molecular weight excluding hydrogens is 294 g/mol. The van der Waals surface area contributed by atoms with E-state index in [0.29, 0.717) is 0 Å². The molecule has 0 amide bonds. The Balaban J connectivity index is 1.91. The lowest BCUT2D eigenvalue weighted by Gasteiger charge is -2.28. The molecule has 0 aliphatic rings. The van der Waals surface area contributed by atoms with E-state index in [1.807, 2.05) is 36.4 Å². The summed E-state index contributed by atoms with van der Waals surface area (Å²) in [5.74, 6) is 0.922. The molecule has 0 unspecified atom stereocenters. The van der Waals surface area contributed by atoms with Gasteiger partial charge < -0.3 is 10.1 Å². The predicted molar refractivity (Wildman–Crippen MR) is 93.8 cm³/mol. The minimum absolute atomic E-state index is 0.132. The molecule has 0 atom stereocenters. The molecule has 2 aromatic rings. The second-order valence-corrected chi connectivity index (χ2v) is 6.35. The highest BCUT2D eigenvalue weighted by Gasteiger charge is 2.22. The Labute approximate surface area is 138 Å². The summed E-state index contributed by atoms with van der Waals surface area (Å²) in [5.41, 5.74) is 2.25. The van der Waals surface area contributed by atoms with Crippen molar-refractivity contribution < 1.29 is 4.74 Å². The van der Waals surface area contributed by atoms with Crippen LogP contribution in [0.1, 0.15) is 31.4 Å². The molecule has 0 saturated heterocycles. The first-order valence-corrected chi connectivity index (χ1v) is 8.04. The van der Waals surface area contributed by atoms with Crippen molar-refractivity contribution in [3.8, 4) is 5.75 Å². The van der Waals surface area contributed by atoms with Crippen LogP contribution in [-0.4, -0.2) is 13.7 Å². The van der Waals surface area contributed by atoms with Crippen molar-refractivity contribution in [2.45, 2.75) is 32.2 Å². The van der Waals surface area contributed by atoms with Crippen LogP contribution in [0.4, 0.5) is 0 Å². The zero-order chi connectivity index (χ0) is 16.0. The highest BCUT2D eigenvalue weighted by atomic mass is 35.5. The third-order valence-corrected chi connectivity index (χ3v) is 4.30. The van der Waals surface area contributed by atoms with Crippen molar-refractivity contribution in [1.29, 1.82) is 0 Å². The minimum atomic E-state index is -0.132. The molecule has 3 heteroatoms. The molecule has 0 fully saturated rings. The lowest BCUT2D eigenvalue weighted by molar-refractivity contribution is 0.359. The molecule has 2 rings (SSSR count). The van der Waals surface area contributed by atoms with Crippen LogP contribution in [0.2, 0.25) is 5.02 Å². The van der Waals surface area contributed by atoms with Crippen LogP contribution in [0.25, 0.3) is 0 Å². The molecule has 0 spiro atoms. The van der Waals surface area contributed by atoms with Gasteiger partial charge in [-0.1, -0.05) is 48.0 Å². The molecule has 0 aromatic heterocycles. The van der Waals surface area contributed by atoms with Crippen molar-refractivity contribution in [3.05, 3.63) is 64.7 Å². The van der Waals surface area contributed by atoms with E-state index in [4.69, 9.17) is 16.3 Å². The van der Waals surface area contributed by atoms with E-state index < -0.39 is 0 Å². The average Bonchev–Trinajstić information content (AvgIpc) is 2.53. The van der Waals surface area contributed by atoms with Gasteiger partial charge in [0.2, 0.25) is 0 Å². The number of halogens is 1. The zero-order valence-electron chi connectivity index (χ0n) is 13.5. The number of nitrogens with one attached hydrogen (secondary N) is 1. The van der Waals surface area contributed by atoms with Gasteiger partial charge in [-0.15, -0.1) is 0 Å². The molecule has 0 aliphatic carbocycles. The van der Waals surface area contributed by atoms with Gasteiger partial charge >= 0.3 is 0 Å². The number of para-hydroxylation sites is 1. The quantitative estimate of drug-likeness (QED) is 0.740. The van der Waals surface area contributed by atoms with Crippen LogP contribution < -0.4 is 10.1 Å². The Bertz CT molecular complexity index is 610. The fourth-order valence-corrected chi connectivity index (χ4v) is 2.87. The number of hydrogen-bond donors (Lipinski definition) is 1. The van der Waals surface area contributed by atoms with Crippen molar-refractivity contribution >= 4 is 11.6 Å². The highest BCUT2D eigenvalue weighted by molar-refractivity contribution is 6.31. The van der Waals surface area contributed by atoms with Crippen molar-refractivity contribution in [2.24, 2.45) is 0 Å². The van der Waals surface area contributed by atoms with Crippen LogP contribution in [0.15, 0.2) is 48.5 Å². The maximum absolute atomic E-state index is 6.19. The van der Waals surface area contributed by atoms with Crippen LogP contribution >= 0.6 is 11.6 Å². The zero-order valence-corrected chi connectivity index (χ0v) is 14.3. The molecule has 0 radical (unpaired) electrons. The van der Waals surface area contributed by atoms with E-state index >= 15 is 0 Å². The third kappa shape index (κ3) is 4.25. The van der Waals surface area contributed by atoms with Gasteiger partial charge in [-0.05, 0) is 50.9 Å². The first kappa shape index (κ1) is 16.9. The van der Waals surface area contributed by atoms with Gasteiger partial charge in [0, 0.05) is 16.1 Å². The Morgan fingerprint density at radius 2 is 1.73 bits per heavy atom. The maximum atomic E-state index is 6.19. The molecule has 0 saturated carbocycles. The van der Waals surface area contributed by atoms with E-state index in [9.17, 15) is 0 Å². The molecule has 2 aromatic carbocycles. The summed E-state index contributed by atoms with van der Waals surface area (Å²) in [6, 6.07) is 16.2. The highest BCUT2D eigenvalue weighted by Crippen LogP contribution is 2.29. The van der Waals surface area contributed by atoms with Crippen LogP contribution in [0.3, 0.4) is 0 Å². The number of ether oxygens (including phenoxy) is 1. The Kier molecular flexibility index (Phi) is 5.87. The number of aryl methyl sites for hydroxylation is 1. The van der Waals surface area contributed by atoms with Gasteiger partial charge in [-0.3, -0.25) is 0 Å². The summed E-state index contributed by atoms with van der Waals surface area (Å²) in [5, 5.41) is 4.47. The first-order chi connectivity index (χ1) is 10.5. The fourth-order valence-electron chi connectivity index (χ4n) is 2.64. The first-order valence-electron chi connectivity index (χ1n) is 7.66. The summed E-state index contributed by atoms with van der Waals surface area (Å²) in [6.45, 7) is 5.29. The minimum Gasteiger partial charge on any atom is -0.496 e. The van der Waals surface area contributed by atoms with Crippen LogP contribution in [0, 0.1) is 0 Å². The molecule has 0 aliphatic heterocycles. The van der Waals surface area contributed by atoms with Crippen molar-refractivity contribution in [3.63, 3.8) is 0 Å². The van der Waals surface area contributed by atoms with E-state index in [-0.39, 0.29) is 5.54 Å². The van der Waals surface area contributed by atoms with Gasteiger partial charge in [-0.2, -0.15) is 0 Å². The van der Waals surface area contributed by atoms with E-state index in [1.165, 1.54) is 11.1 Å². The molecule has 118 valence electrons. The standard InChI is InChI=1S/C19H24ClNO/c1-19(2,16-11-5-7-13-18(16)22-3)21-14-8-10-15-9-4-6-12-17(15)20/h4-7,9,11-13,21H,8,10,14H2,1-3H3. The molecule has 0 heterocycles. The topological polar surface area (TPSA) is 21.3 Å². The molecule has 0 bridgehead atoms. The van der Waals surface area contributed by atoms with E-state index in [2.05, 4.69) is 31.3 Å². The van der Waals surface area contributed by atoms with Gasteiger partial charge in [0.25, 0.3) is 0 Å². The third-order valence-electron chi connectivity index (χ3n) is 3.93. The van der Waals surface area contributed by atoms with Gasteiger partial charge in [0.1, 0.15) is 5.75 Å². The van der Waals surface area contributed by atoms with Crippen LogP contribution in [0.5, 0.6) is 5.75 Å². The second-order valence-electron chi connectivity index (χ2n) is 5.95. The molecule has 22 heavy (non-hydrogen) atoms. The van der Waals surface area contributed by atoms with Gasteiger partial charge in [0.05, 0.1) is 7.11 Å². The average molecular weight is 318 g/mol. The largest absolute Gasteiger partial charge is 0.496 e. The lowest BCUT2D eigenvalue weighted by atomic mass is 9.93. The SMILES string of the molecule is COc1ccccc1C(C)(C)NCCCc1ccccc1Cl. The number of methoxy groups -OCH3 is 1. The van der Waals surface area contributed by atoms with Crippen molar-refractivity contribution in [1.82, 2.24) is 5.32 Å². The maximum Gasteiger partial charge on any atom is 0.123 e. The summed E-state index contributed by atoms with van der Waals surface area (Å²) < 4.78 is 5.47. The Hall–Kier alpha value is -1.51. The van der Waals surface area contributed by atoms with Crippen molar-refractivity contribution in [2.75, 3.05) is 13.7 Å². The van der Waals surface area contributed by atoms with E-state index in [0.717, 1.165) is 30.2 Å². The van der Waals surface area contributed by atoms with Gasteiger partial charge in [0.15, 0.2) is 0 Å². The van der Waals surface area contributed by atoms with Crippen LogP contribution in [-0.2, 0) is 12.0 Å². The molecular formula is C19H24ClNO. The Morgan fingerprint density at radius 3 is 2.45 bits per heavy atom. The lowest BCUT2D eigenvalue weighted by Crippen LogP contribution is -2.37. The fraction of sp³-hybridized carbons (Fsp3) is 0.368. The second kappa shape index (κ2) is 7.66. The summed E-state index contributed by atoms with van der Waals surface area (Å²) >= 11 is 6.19. The smallest absolute Gasteiger partial charge is 0.123 e. The number of rotatable bonds is 7. The normalized spacial score (nSPS) is 11.5. The Morgan fingerprint density at radius 1 is 1.05 bits per heavy atom. The molecule has 1 N–H and O–H groups in total. The predicted octanol–water partition coefficient (Wildman–Crippen LogP) is 4.81. The molecule has 2 nitrogen and oxygen atoms in total. The monoisotopic (exact) mass is 317 g/mol. The summed E-state index contributed by atoms with van der Waals surface area (Å²) in [4.78, 5) is 0. The number of hydrogen-bond acceptors (Lipinski definition) is 2.